The van der Waals surface area contributed by atoms with Crippen molar-refractivity contribution in [2.75, 3.05) is 13.1 Å². The number of Topliss-reactive ketones (excluding diaryl/α,β-unsaturated/α-hetero) is 1. The van der Waals surface area contributed by atoms with Gasteiger partial charge in [-0.15, -0.1) is 17.0 Å². The lowest BCUT2D eigenvalue weighted by atomic mass is 10.2. The summed E-state index contributed by atoms with van der Waals surface area (Å²) in [7, 11) is 0. The van der Waals surface area contributed by atoms with Gasteiger partial charge in [-0.05, 0) is 12.3 Å². The third-order valence-corrected chi connectivity index (χ3v) is 1.66. The summed E-state index contributed by atoms with van der Waals surface area (Å²) < 4.78 is 0. The zero-order valence-corrected chi connectivity index (χ0v) is 8.91. The number of hydrogen-bond donors (Lipinski definition) is 0. The molecule has 2 nitrogen and oxygen atoms in total. The lowest BCUT2D eigenvalue weighted by Gasteiger charge is -2.18. The molecule has 0 unspecified atom stereocenters. The molecule has 0 bridgehead atoms. The Bertz CT molecular complexity index is 199. The summed E-state index contributed by atoms with van der Waals surface area (Å²) in [5.41, 5.74) is 0. The monoisotopic (exact) mass is 231 g/mol. The topological polar surface area (TPSA) is 20.3 Å². The van der Waals surface area contributed by atoms with Crippen LogP contribution >= 0.6 is 17.0 Å². The van der Waals surface area contributed by atoms with Crippen LogP contribution in [0.15, 0.2) is 24.4 Å². The average molecular weight is 232 g/mol. The van der Waals surface area contributed by atoms with Gasteiger partial charge in [0, 0.05) is 13.0 Å². The molecule has 1 aliphatic heterocycles. The maximum atomic E-state index is 11.0. The van der Waals surface area contributed by atoms with Crippen LogP contribution in [0, 0.1) is 0 Å². The first-order valence-corrected chi connectivity index (χ1v) is 3.92. The second-order valence-electron chi connectivity index (χ2n) is 2.59. The Morgan fingerprint density at radius 1 is 1.50 bits per heavy atom. The average Bonchev–Trinajstić information content (AvgIpc) is 2.06. The third kappa shape index (κ3) is 3.72. The molecule has 0 aromatic heterocycles. The van der Waals surface area contributed by atoms with Crippen molar-refractivity contribution in [1.82, 2.24) is 4.90 Å². The highest BCUT2D eigenvalue weighted by molar-refractivity contribution is 8.93. The molecule has 0 saturated heterocycles. The summed E-state index contributed by atoms with van der Waals surface area (Å²) in [6.45, 7) is 3.31. The molecule has 0 spiro atoms. The van der Waals surface area contributed by atoms with E-state index >= 15 is 0 Å². The van der Waals surface area contributed by atoms with Gasteiger partial charge in [0.15, 0.2) is 5.78 Å². The van der Waals surface area contributed by atoms with Gasteiger partial charge in [-0.2, -0.15) is 0 Å². The number of halogens is 1. The van der Waals surface area contributed by atoms with E-state index < -0.39 is 0 Å². The first kappa shape index (κ1) is 11.4. The van der Waals surface area contributed by atoms with Gasteiger partial charge in [0.05, 0.1) is 6.54 Å². The fraction of sp³-hybridized carbons (Fsp3) is 0.444. The molecule has 0 aromatic rings. The maximum Gasteiger partial charge on any atom is 0.151 e. The normalized spacial score (nSPS) is 14.2. The number of allylic oxidation sites excluding steroid dienone is 2. The highest BCUT2D eigenvalue weighted by atomic mass is 79.9. The number of nitrogens with zero attached hydrogens (tertiary/aromatic N) is 1. The van der Waals surface area contributed by atoms with Crippen molar-refractivity contribution < 1.29 is 4.79 Å². The van der Waals surface area contributed by atoms with Crippen molar-refractivity contribution in [2.45, 2.75) is 13.3 Å². The number of carbonyl (C=O) groups is 1. The van der Waals surface area contributed by atoms with Crippen molar-refractivity contribution in [3.8, 4) is 0 Å². The van der Waals surface area contributed by atoms with E-state index in [4.69, 9.17) is 0 Å². The van der Waals surface area contributed by atoms with Crippen molar-refractivity contribution in [1.29, 1.82) is 0 Å². The third-order valence-electron chi connectivity index (χ3n) is 1.66. The van der Waals surface area contributed by atoms with Crippen LogP contribution in [0.5, 0.6) is 0 Å². The maximum absolute atomic E-state index is 11.0. The van der Waals surface area contributed by atoms with Crippen molar-refractivity contribution >= 4 is 22.8 Å². The lowest BCUT2D eigenvalue weighted by molar-refractivity contribution is -0.119. The Morgan fingerprint density at radius 2 is 2.25 bits per heavy atom. The smallest absolute Gasteiger partial charge is 0.151 e. The molecule has 0 atom stereocenters. The van der Waals surface area contributed by atoms with Gasteiger partial charge in [0.1, 0.15) is 0 Å². The highest BCUT2D eigenvalue weighted by Crippen LogP contribution is 1.98. The van der Waals surface area contributed by atoms with E-state index in [9.17, 15) is 4.79 Å². The van der Waals surface area contributed by atoms with Crippen LogP contribution in [0.4, 0.5) is 0 Å². The molecule has 0 amide bonds. The van der Waals surface area contributed by atoms with E-state index in [1.165, 1.54) is 0 Å². The molecule has 0 saturated carbocycles. The molecule has 0 fully saturated rings. The molecule has 1 rings (SSSR count). The minimum absolute atomic E-state index is 0. The van der Waals surface area contributed by atoms with Crippen LogP contribution in [-0.2, 0) is 4.79 Å². The Hall–Kier alpha value is -0.570. The number of ketones is 1. The van der Waals surface area contributed by atoms with Crippen LogP contribution in [-0.4, -0.2) is 23.8 Å². The van der Waals surface area contributed by atoms with Crippen LogP contribution in [0.25, 0.3) is 0 Å². The minimum Gasteiger partial charge on any atom is -0.366 e. The SMILES string of the molecule is Br.CCC(=O)CN1C=CC=CC1. The summed E-state index contributed by atoms with van der Waals surface area (Å²) >= 11 is 0. The van der Waals surface area contributed by atoms with E-state index in [1.54, 1.807) is 0 Å². The Kier molecular flexibility index (Phi) is 5.72. The van der Waals surface area contributed by atoms with Gasteiger partial charge in [-0.3, -0.25) is 4.79 Å². The molecule has 0 aromatic carbocycles. The van der Waals surface area contributed by atoms with Crippen LogP contribution in [0.2, 0.25) is 0 Å². The molecular weight excluding hydrogens is 218 g/mol. The predicted octanol–water partition coefficient (Wildman–Crippen LogP) is 1.93. The molecule has 68 valence electrons. The standard InChI is InChI=1S/C9H13NO.BrH/c1-2-9(11)8-10-6-4-3-5-7-10;/h3-6H,2,7-8H2,1H3;1H. The lowest BCUT2D eigenvalue weighted by Crippen LogP contribution is -2.25. The molecular formula is C9H14BrNO. The molecule has 12 heavy (non-hydrogen) atoms. The summed E-state index contributed by atoms with van der Waals surface area (Å²) in [4.78, 5) is 13.0. The molecule has 0 N–H and O–H groups in total. The predicted molar refractivity (Wildman–Crippen MR) is 55.5 cm³/mol. The fourth-order valence-electron chi connectivity index (χ4n) is 0.963. The zero-order chi connectivity index (χ0) is 8.10. The first-order valence-electron chi connectivity index (χ1n) is 3.92. The molecule has 0 radical (unpaired) electrons. The molecule has 0 aliphatic carbocycles. The summed E-state index contributed by atoms with van der Waals surface area (Å²) in [6, 6.07) is 0. The number of carbonyl (C=O) groups excluding carboxylic acids is 1. The second-order valence-corrected chi connectivity index (χ2v) is 2.59. The van der Waals surface area contributed by atoms with Gasteiger partial charge >= 0.3 is 0 Å². The highest BCUT2D eigenvalue weighted by Gasteiger charge is 2.03. The molecule has 1 heterocycles. The fourth-order valence-corrected chi connectivity index (χ4v) is 0.963. The van der Waals surface area contributed by atoms with Crippen LogP contribution in [0.3, 0.4) is 0 Å². The van der Waals surface area contributed by atoms with Gasteiger partial charge in [0.2, 0.25) is 0 Å². The van der Waals surface area contributed by atoms with E-state index in [1.807, 2.05) is 36.3 Å². The number of hydrogen-bond acceptors (Lipinski definition) is 2. The van der Waals surface area contributed by atoms with Crippen LogP contribution < -0.4 is 0 Å². The largest absolute Gasteiger partial charge is 0.366 e. The summed E-state index contributed by atoms with van der Waals surface area (Å²) in [5, 5.41) is 0. The minimum atomic E-state index is 0. The van der Waals surface area contributed by atoms with E-state index in [2.05, 4.69) is 0 Å². The van der Waals surface area contributed by atoms with Crippen LogP contribution in [0.1, 0.15) is 13.3 Å². The summed E-state index contributed by atoms with van der Waals surface area (Å²) in [6.07, 6.45) is 8.57. The Labute approximate surface area is 83.7 Å². The first-order chi connectivity index (χ1) is 5.33. The Balaban J connectivity index is 0.00000121. The zero-order valence-electron chi connectivity index (χ0n) is 7.19. The second kappa shape index (κ2) is 6.00. The van der Waals surface area contributed by atoms with Gasteiger partial charge in [0.25, 0.3) is 0 Å². The van der Waals surface area contributed by atoms with Gasteiger partial charge < -0.3 is 4.90 Å². The van der Waals surface area contributed by atoms with E-state index in [0.29, 0.717) is 18.7 Å². The molecule has 3 heteroatoms. The van der Waals surface area contributed by atoms with Crippen molar-refractivity contribution in [3.63, 3.8) is 0 Å². The van der Waals surface area contributed by atoms with Crippen molar-refractivity contribution in [2.24, 2.45) is 0 Å². The number of rotatable bonds is 3. The van der Waals surface area contributed by atoms with Gasteiger partial charge in [-0.1, -0.05) is 19.1 Å². The Morgan fingerprint density at radius 3 is 2.75 bits per heavy atom. The summed E-state index contributed by atoms with van der Waals surface area (Å²) in [5.74, 6) is 0.296. The van der Waals surface area contributed by atoms with E-state index in [-0.39, 0.29) is 17.0 Å². The van der Waals surface area contributed by atoms with Crippen molar-refractivity contribution in [3.05, 3.63) is 24.4 Å². The quantitative estimate of drug-likeness (QED) is 0.741. The molecule has 1 aliphatic rings. The van der Waals surface area contributed by atoms with Gasteiger partial charge in [-0.25, -0.2) is 0 Å². The van der Waals surface area contributed by atoms with E-state index in [0.717, 1.165) is 6.54 Å².